The van der Waals surface area contributed by atoms with Gasteiger partial charge in [-0.05, 0) is 38.7 Å². The molecule has 0 spiro atoms. The molecule has 0 unspecified atom stereocenters. The van der Waals surface area contributed by atoms with Crippen molar-refractivity contribution in [1.82, 2.24) is 10.2 Å². The van der Waals surface area contributed by atoms with E-state index in [9.17, 15) is 9.59 Å². The second-order valence-electron chi connectivity index (χ2n) is 7.21. The minimum atomic E-state index is -0.0814. The molecular formula is C21H28N2O4. The average molecular weight is 372 g/mol. The summed E-state index contributed by atoms with van der Waals surface area (Å²) in [5, 5.41) is 3.94. The fourth-order valence-electron chi connectivity index (χ4n) is 3.65. The van der Waals surface area contributed by atoms with Gasteiger partial charge in [-0.15, -0.1) is 0 Å². The van der Waals surface area contributed by atoms with E-state index in [1.807, 2.05) is 32.0 Å². The van der Waals surface area contributed by atoms with Crippen molar-refractivity contribution in [2.24, 2.45) is 5.92 Å². The standard InChI is InChI=1S/C21H28N2O4/c1-14-6-4-7-17-15(2)19(27-18(14)17)21(25)23-11-8-16(9-12-23)20(24)22-10-5-13-26-3/h4,6-7,16H,5,8-13H2,1-3H3,(H,22,24). The molecule has 0 atom stereocenters. The Bertz CT molecular complexity index is 819. The van der Waals surface area contributed by atoms with E-state index in [0.717, 1.165) is 28.5 Å². The number of furan rings is 1. The van der Waals surface area contributed by atoms with Crippen LogP contribution >= 0.6 is 0 Å². The monoisotopic (exact) mass is 372 g/mol. The minimum Gasteiger partial charge on any atom is -0.450 e. The first-order valence-electron chi connectivity index (χ1n) is 9.57. The van der Waals surface area contributed by atoms with Crippen LogP contribution < -0.4 is 5.32 Å². The third-order valence-corrected chi connectivity index (χ3v) is 5.33. The van der Waals surface area contributed by atoms with E-state index in [1.54, 1.807) is 12.0 Å². The number of hydrogen-bond acceptors (Lipinski definition) is 4. The van der Waals surface area contributed by atoms with Gasteiger partial charge in [0.1, 0.15) is 5.58 Å². The van der Waals surface area contributed by atoms with Gasteiger partial charge in [-0.2, -0.15) is 0 Å². The number of para-hydroxylation sites is 1. The molecule has 6 nitrogen and oxygen atoms in total. The summed E-state index contributed by atoms with van der Waals surface area (Å²) in [6.07, 6.45) is 2.17. The molecule has 6 heteroatoms. The Kier molecular flexibility index (Phi) is 6.16. The van der Waals surface area contributed by atoms with E-state index in [-0.39, 0.29) is 17.7 Å². The first-order valence-corrected chi connectivity index (χ1v) is 9.57. The van der Waals surface area contributed by atoms with Gasteiger partial charge in [0.2, 0.25) is 5.91 Å². The van der Waals surface area contributed by atoms with Crippen LogP contribution in [0.5, 0.6) is 0 Å². The van der Waals surface area contributed by atoms with Crippen molar-refractivity contribution in [3.05, 3.63) is 35.1 Å². The van der Waals surface area contributed by atoms with Crippen LogP contribution in [-0.2, 0) is 9.53 Å². The summed E-state index contributed by atoms with van der Waals surface area (Å²) in [7, 11) is 1.65. The lowest BCUT2D eigenvalue weighted by Crippen LogP contribution is -2.43. The molecule has 1 N–H and O–H groups in total. The Hall–Kier alpha value is -2.34. The second-order valence-corrected chi connectivity index (χ2v) is 7.21. The summed E-state index contributed by atoms with van der Waals surface area (Å²) in [5.41, 5.74) is 2.69. The largest absolute Gasteiger partial charge is 0.450 e. The van der Waals surface area contributed by atoms with Crippen LogP contribution in [0, 0.1) is 19.8 Å². The number of ether oxygens (including phenoxy) is 1. The van der Waals surface area contributed by atoms with Crippen molar-refractivity contribution < 1.29 is 18.7 Å². The number of nitrogens with zero attached hydrogens (tertiary/aromatic N) is 1. The number of benzene rings is 1. The van der Waals surface area contributed by atoms with Gasteiger partial charge in [0.05, 0.1) is 0 Å². The molecular weight excluding hydrogens is 344 g/mol. The molecule has 2 amide bonds. The van der Waals surface area contributed by atoms with Crippen molar-refractivity contribution >= 4 is 22.8 Å². The zero-order valence-corrected chi connectivity index (χ0v) is 16.3. The molecule has 1 aromatic heterocycles. The summed E-state index contributed by atoms with van der Waals surface area (Å²) < 4.78 is 10.9. The minimum absolute atomic E-state index is 0.0318. The van der Waals surface area contributed by atoms with Gasteiger partial charge >= 0.3 is 0 Å². The molecule has 146 valence electrons. The molecule has 1 saturated heterocycles. The Morgan fingerprint density at radius 3 is 2.67 bits per heavy atom. The fraction of sp³-hybridized carbons (Fsp3) is 0.524. The molecule has 1 fully saturated rings. The number of piperidine rings is 1. The molecule has 1 aromatic carbocycles. The smallest absolute Gasteiger partial charge is 0.289 e. The number of nitrogens with one attached hydrogen (secondary N) is 1. The van der Waals surface area contributed by atoms with E-state index in [1.165, 1.54) is 0 Å². The van der Waals surface area contributed by atoms with Crippen LogP contribution in [0.15, 0.2) is 22.6 Å². The van der Waals surface area contributed by atoms with Gasteiger partial charge in [-0.3, -0.25) is 9.59 Å². The van der Waals surface area contributed by atoms with Gasteiger partial charge in [0.25, 0.3) is 5.91 Å². The molecule has 2 heterocycles. The maximum atomic E-state index is 12.9. The zero-order chi connectivity index (χ0) is 19.4. The summed E-state index contributed by atoms with van der Waals surface area (Å²) in [6.45, 7) is 6.33. The summed E-state index contributed by atoms with van der Waals surface area (Å²) >= 11 is 0. The summed E-state index contributed by atoms with van der Waals surface area (Å²) in [4.78, 5) is 27.0. The van der Waals surface area contributed by atoms with Gasteiger partial charge < -0.3 is 19.4 Å². The molecule has 0 saturated carbocycles. The maximum absolute atomic E-state index is 12.9. The third kappa shape index (κ3) is 4.16. The van der Waals surface area contributed by atoms with E-state index in [4.69, 9.17) is 9.15 Å². The Morgan fingerprint density at radius 2 is 2.00 bits per heavy atom. The molecule has 0 aliphatic carbocycles. The number of likely N-dealkylation sites (tertiary alicyclic amines) is 1. The number of aryl methyl sites for hydroxylation is 2. The summed E-state index contributed by atoms with van der Waals surface area (Å²) in [5.74, 6) is 0.383. The lowest BCUT2D eigenvalue weighted by atomic mass is 9.95. The van der Waals surface area contributed by atoms with E-state index >= 15 is 0 Å². The predicted molar refractivity (Wildman–Crippen MR) is 104 cm³/mol. The average Bonchev–Trinajstić information content (AvgIpc) is 3.03. The lowest BCUT2D eigenvalue weighted by Gasteiger charge is -2.31. The molecule has 3 rings (SSSR count). The van der Waals surface area contributed by atoms with Crippen LogP contribution in [0.1, 0.15) is 40.9 Å². The highest BCUT2D eigenvalue weighted by Crippen LogP contribution is 2.29. The lowest BCUT2D eigenvalue weighted by molar-refractivity contribution is -0.126. The van der Waals surface area contributed by atoms with Gasteiger partial charge in [0.15, 0.2) is 5.76 Å². The molecule has 0 radical (unpaired) electrons. The summed E-state index contributed by atoms with van der Waals surface area (Å²) in [6, 6.07) is 5.94. The van der Waals surface area contributed by atoms with Gasteiger partial charge in [-0.25, -0.2) is 0 Å². The van der Waals surface area contributed by atoms with Crippen LogP contribution in [0.25, 0.3) is 11.0 Å². The molecule has 2 aromatic rings. The van der Waals surface area contributed by atoms with E-state index < -0.39 is 0 Å². The number of fused-ring (bicyclic) bond motifs is 1. The van der Waals surface area contributed by atoms with Crippen molar-refractivity contribution in [2.45, 2.75) is 33.1 Å². The number of methoxy groups -OCH3 is 1. The SMILES string of the molecule is COCCCNC(=O)C1CCN(C(=O)c2oc3c(C)cccc3c2C)CC1. The topological polar surface area (TPSA) is 71.8 Å². The first-order chi connectivity index (χ1) is 13.0. The van der Waals surface area contributed by atoms with Gasteiger partial charge in [-0.1, -0.05) is 18.2 Å². The Labute approximate surface area is 159 Å². The second kappa shape index (κ2) is 8.57. The fourth-order valence-corrected chi connectivity index (χ4v) is 3.65. The van der Waals surface area contributed by atoms with Crippen LogP contribution in [0.3, 0.4) is 0 Å². The van der Waals surface area contributed by atoms with Crippen molar-refractivity contribution in [2.75, 3.05) is 33.4 Å². The number of carbonyl (C=O) groups excluding carboxylic acids is 2. The van der Waals surface area contributed by atoms with Crippen LogP contribution in [0.4, 0.5) is 0 Å². The molecule has 1 aliphatic heterocycles. The molecule has 1 aliphatic rings. The number of amides is 2. The first kappa shape index (κ1) is 19.4. The van der Waals surface area contributed by atoms with E-state index in [0.29, 0.717) is 44.8 Å². The van der Waals surface area contributed by atoms with Crippen molar-refractivity contribution in [1.29, 1.82) is 0 Å². The number of carbonyl (C=O) groups is 2. The zero-order valence-electron chi connectivity index (χ0n) is 16.3. The predicted octanol–water partition coefficient (Wildman–Crippen LogP) is 3.05. The highest BCUT2D eigenvalue weighted by molar-refractivity contribution is 5.99. The van der Waals surface area contributed by atoms with Crippen molar-refractivity contribution in [3.8, 4) is 0 Å². The Morgan fingerprint density at radius 1 is 1.26 bits per heavy atom. The van der Waals surface area contributed by atoms with Gasteiger partial charge in [0, 0.05) is 50.2 Å². The molecule has 27 heavy (non-hydrogen) atoms. The number of hydrogen-bond donors (Lipinski definition) is 1. The van der Waals surface area contributed by atoms with E-state index in [2.05, 4.69) is 5.32 Å². The van der Waals surface area contributed by atoms with Crippen LogP contribution in [-0.4, -0.2) is 50.1 Å². The van der Waals surface area contributed by atoms with Crippen LogP contribution in [0.2, 0.25) is 0 Å². The quantitative estimate of drug-likeness (QED) is 0.791. The highest BCUT2D eigenvalue weighted by Gasteiger charge is 2.30. The molecule has 0 bridgehead atoms. The number of rotatable bonds is 6. The normalized spacial score (nSPS) is 15.3. The van der Waals surface area contributed by atoms with Crippen molar-refractivity contribution in [3.63, 3.8) is 0 Å². The Balaban J connectivity index is 1.60. The highest BCUT2D eigenvalue weighted by atomic mass is 16.5. The third-order valence-electron chi connectivity index (χ3n) is 5.33. The maximum Gasteiger partial charge on any atom is 0.289 e.